The molecule has 3 rings (SSSR count). The topological polar surface area (TPSA) is 58.8 Å². The van der Waals surface area contributed by atoms with Crippen molar-refractivity contribution in [2.75, 3.05) is 50.0 Å². The molecule has 0 amide bonds. The normalized spacial score (nSPS) is 14.9. The van der Waals surface area contributed by atoms with Crippen molar-refractivity contribution in [2.24, 2.45) is 0 Å². The van der Waals surface area contributed by atoms with Gasteiger partial charge in [0.05, 0.1) is 12.3 Å². The monoisotopic (exact) mass is 385 g/mol. The molecular formula is C22H28FN3O2. The summed E-state index contributed by atoms with van der Waals surface area (Å²) in [6.07, 6.45) is 1.37. The van der Waals surface area contributed by atoms with Crippen LogP contribution in [0.4, 0.5) is 15.8 Å². The smallest absolute Gasteiger partial charge is 0.164 e. The summed E-state index contributed by atoms with van der Waals surface area (Å²) in [6, 6.07) is 11.9. The molecule has 1 aliphatic rings. The molecule has 1 fully saturated rings. The lowest BCUT2D eigenvalue weighted by molar-refractivity contribution is 0.0962. The van der Waals surface area contributed by atoms with Gasteiger partial charge < -0.3 is 15.4 Å². The second-order valence-electron chi connectivity index (χ2n) is 7.08. The first-order chi connectivity index (χ1) is 13.6. The Morgan fingerprint density at radius 1 is 1.11 bits per heavy atom. The van der Waals surface area contributed by atoms with E-state index in [1.54, 1.807) is 18.2 Å². The van der Waals surface area contributed by atoms with Crippen molar-refractivity contribution in [3.63, 3.8) is 0 Å². The Morgan fingerprint density at radius 2 is 1.82 bits per heavy atom. The van der Waals surface area contributed by atoms with E-state index >= 15 is 0 Å². The zero-order valence-electron chi connectivity index (χ0n) is 16.4. The number of nitrogen functional groups attached to an aromatic ring is 1. The molecule has 0 aromatic heterocycles. The van der Waals surface area contributed by atoms with Gasteiger partial charge in [-0.3, -0.25) is 9.69 Å². The van der Waals surface area contributed by atoms with Crippen LogP contribution in [-0.4, -0.2) is 50.0 Å². The van der Waals surface area contributed by atoms with Crippen LogP contribution in [0.5, 0.6) is 5.75 Å². The van der Waals surface area contributed by atoms with E-state index in [2.05, 4.69) is 9.80 Å². The number of halogens is 1. The van der Waals surface area contributed by atoms with Crippen LogP contribution in [0.1, 0.15) is 30.1 Å². The van der Waals surface area contributed by atoms with Crippen LogP contribution in [0.15, 0.2) is 42.5 Å². The number of benzene rings is 2. The van der Waals surface area contributed by atoms with Crippen LogP contribution in [0.2, 0.25) is 0 Å². The van der Waals surface area contributed by atoms with Gasteiger partial charge in [-0.15, -0.1) is 0 Å². The molecule has 1 heterocycles. The lowest BCUT2D eigenvalue weighted by Crippen LogP contribution is -2.46. The van der Waals surface area contributed by atoms with Gasteiger partial charge in [0.2, 0.25) is 0 Å². The predicted molar refractivity (Wildman–Crippen MR) is 111 cm³/mol. The lowest BCUT2D eigenvalue weighted by Gasteiger charge is -2.36. The second kappa shape index (κ2) is 9.55. The summed E-state index contributed by atoms with van der Waals surface area (Å²) in [5.41, 5.74) is 8.18. The van der Waals surface area contributed by atoms with E-state index in [0.717, 1.165) is 44.8 Å². The average molecular weight is 385 g/mol. The van der Waals surface area contributed by atoms with Crippen molar-refractivity contribution in [3.8, 4) is 5.75 Å². The summed E-state index contributed by atoms with van der Waals surface area (Å²) in [4.78, 5) is 17.0. The highest BCUT2D eigenvalue weighted by Gasteiger charge is 2.18. The molecular weight excluding hydrogens is 357 g/mol. The van der Waals surface area contributed by atoms with E-state index < -0.39 is 0 Å². The van der Waals surface area contributed by atoms with E-state index in [4.69, 9.17) is 10.5 Å². The van der Waals surface area contributed by atoms with E-state index in [1.165, 1.54) is 12.1 Å². The van der Waals surface area contributed by atoms with Crippen molar-refractivity contribution in [3.05, 3.63) is 53.8 Å². The van der Waals surface area contributed by atoms with E-state index in [0.29, 0.717) is 30.0 Å². The first kappa shape index (κ1) is 20.1. The third kappa shape index (κ3) is 5.23. The Morgan fingerprint density at radius 3 is 2.46 bits per heavy atom. The molecule has 6 heteroatoms. The summed E-state index contributed by atoms with van der Waals surface area (Å²) in [5.74, 6) is 0.511. The lowest BCUT2D eigenvalue weighted by atomic mass is 10.1. The highest BCUT2D eigenvalue weighted by molar-refractivity contribution is 5.97. The van der Waals surface area contributed by atoms with Crippen LogP contribution in [0, 0.1) is 5.82 Å². The number of carbonyl (C=O) groups is 1. The van der Waals surface area contributed by atoms with E-state index in [9.17, 15) is 9.18 Å². The number of Topliss-reactive ketones (excluding diaryl/α,β-unsaturated/α-hetero) is 1. The summed E-state index contributed by atoms with van der Waals surface area (Å²) < 4.78 is 18.6. The van der Waals surface area contributed by atoms with Crippen molar-refractivity contribution >= 4 is 17.2 Å². The van der Waals surface area contributed by atoms with Gasteiger partial charge in [-0.05, 0) is 48.9 Å². The fourth-order valence-corrected chi connectivity index (χ4v) is 3.35. The SMILES string of the molecule is CCCOc1ccc(C(=O)CCN2CCN(c3ccc(F)cc3)CC2)cc1N. The summed E-state index contributed by atoms with van der Waals surface area (Å²) in [6.45, 7) is 6.89. The molecule has 1 saturated heterocycles. The summed E-state index contributed by atoms with van der Waals surface area (Å²) in [5, 5.41) is 0. The Balaban J connectivity index is 1.46. The molecule has 28 heavy (non-hydrogen) atoms. The highest BCUT2D eigenvalue weighted by atomic mass is 19.1. The second-order valence-corrected chi connectivity index (χ2v) is 7.08. The standard InChI is InChI=1S/C22H28FN3O2/c1-2-15-28-22-8-3-17(16-20(22)24)21(27)9-10-25-11-13-26(14-12-25)19-6-4-18(23)5-7-19/h3-8,16H,2,9-15,24H2,1H3. The van der Waals surface area contributed by atoms with Crippen molar-refractivity contribution in [2.45, 2.75) is 19.8 Å². The van der Waals surface area contributed by atoms with Gasteiger partial charge in [0.1, 0.15) is 11.6 Å². The molecule has 0 atom stereocenters. The zero-order chi connectivity index (χ0) is 19.9. The van der Waals surface area contributed by atoms with Gasteiger partial charge in [0.15, 0.2) is 5.78 Å². The Kier molecular flexibility index (Phi) is 6.87. The molecule has 5 nitrogen and oxygen atoms in total. The van der Waals surface area contributed by atoms with Crippen molar-refractivity contribution in [1.29, 1.82) is 0 Å². The molecule has 2 aromatic rings. The number of nitrogens with two attached hydrogens (primary N) is 1. The predicted octanol–water partition coefficient (Wildman–Crippen LogP) is 3.59. The molecule has 0 aliphatic carbocycles. The van der Waals surface area contributed by atoms with Gasteiger partial charge in [-0.25, -0.2) is 4.39 Å². The van der Waals surface area contributed by atoms with Gasteiger partial charge in [0, 0.05) is 50.4 Å². The maximum Gasteiger partial charge on any atom is 0.164 e. The van der Waals surface area contributed by atoms with Gasteiger partial charge in [-0.2, -0.15) is 0 Å². The minimum atomic E-state index is -0.216. The average Bonchev–Trinajstić information content (AvgIpc) is 2.72. The van der Waals surface area contributed by atoms with Crippen molar-refractivity contribution in [1.82, 2.24) is 4.90 Å². The molecule has 0 bridgehead atoms. The fourth-order valence-electron chi connectivity index (χ4n) is 3.35. The number of ketones is 1. The van der Waals surface area contributed by atoms with Crippen LogP contribution in [-0.2, 0) is 0 Å². The molecule has 0 radical (unpaired) electrons. The first-order valence-corrected chi connectivity index (χ1v) is 9.85. The highest BCUT2D eigenvalue weighted by Crippen LogP contribution is 2.23. The largest absolute Gasteiger partial charge is 0.491 e. The zero-order valence-corrected chi connectivity index (χ0v) is 16.4. The maximum absolute atomic E-state index is 13.1. The van der Waals surface area contributed by atoms with E-state index in [1.807, 2.05) is 19.1 Å². The Hall–Kier alpha value is -2.60. The molecule has 2 aromatic carbocycles. The van der Waals surface area contributed by atoms with Gasteiger partial charge >= 0.3 is 0 Å². The molecule has 0 spiro atoms. The quantitative estimate of drug-likeness (QED) is 0.556. The summed E-state index contributed by atoms with van der Waals surface area (Å²) >= 11 is 0. The van der Waals surface area contributed by atoms with Gasteiger partial charge in [-0.1, -0.05) is 6.92 Å². The number of rotatable bonds is 8. The van der Waals surface area contributed by atoms with Crippen LogP contribution >= 0.6 is 0 Å². The number of nitrogens with zero attached hydrogens (tertiary/aromatic N) is 2. The minimum Gasteiger partial charge on any atom is -0.491 e. The Labute approximate surface area is 165 Å². The van der Waals surface area contributed by atoms with E-state index in [-0.39, 0.29) is 11.6 Å². The molecule has 0 saturated carbocycles. The van der Waals surface area contributed by atoms with Gasteiger partial charge in [0.25, 0.3) is 0 Å². The number of anilines is 2. The number of ether oxygens (including phenoxy) is 1. The molecule has 150 valence electrons. The molecule has 1 aliphatic heterocycles. The maximum atomic E-state index is 13.1. The first-order valence-electron chi connectivity index (χ1n) is 9.85. The fraction of sp³-hybridized carbons (Fsp3) is 0.409. The molecule has 0 unspecified atom stereocenters. The number of carbonyl (C=O) groups excluding carboxylic acids is 1. The third-order valence-corrected chi connectivity index (χ3v) is 5.01. The number of hydrogen-bond acceptors (Lipinski definition) is 5. The number of hydrogen-bond donors (Lipinski definition) is 1. The van der Waals surface area contributed by atoms with Crippen LogP contribution < -0.4 is 15.4 Å². The molecule has 2 N–H and O–H groups in total. The minimum absolute atomic E-state index is 0.0923. The summed E-state index contributed by atoms with van der Waals surface area (Å²) in [7, 11) is 0. The third-order valence-electron chi connectivity index (χ3n) is 5.01. The van der Waals surface area contributed by atoms with Crippen LogP contribution in [0.25, 0.3) is 0 Å². The van der Waals surface area contributed by atoms with Crippen molar-refractivity contribution < 1.29 is 13.9 Å². The van der Waals surface area contributed by atoms with Crippen LogP contribution in [0.3, 0.4) is 0 Å². The Bertz CT molecular complexity index is 787. The number of piperazine rings is 1.